The molecule has 1 atom stereocenters. The van der Waals surface area contributed by atoms with E-state index in [0.717, 1.165) is 23.1 Å². The van der Waals surface area contributed by atoms with Crippen molar-refractivity contribution in [1.29, 1.82) is 0 Å². The Bertz CT molecular complexity index is 503. The van der Waals surface area contributed by atoms with E-state index in [1.807, 2.05) is 19.9 Å². The predicted octanol–water partition coefficient (Wildman–Crippen LogP) is 2.61. The molecule has 0 amide bonds. The first-order valence-electron chi connectivity index (χ1n) is 6.35. The number of esters is 1. The van der Waals surface area contributed by atoms with Crippen molar-refractivity contribution >= 4 is 11.8 Å². The maximum absolute atomic E-state index is 12.3. The van der Waals surface area contributed by atoms with Gasteiger partial charge < -0.3 is 4.74 Å². The highest BCUT2D eigenvalue weighted by molar-refractivity contribution is 6.10. The fourth-order valence-electron chi connectivity index (χ4n) is 2.62. The van der Waals surface area contributed by atoms with E-state index in [1.165, 1.54) is 0 Å². The van der Waals surface area contributed by atoms with Crippen molar-refractivity contribution in [1.82, 2.24) is 0 Å². The van der Waals surface area contributed by atoms with Crippen LogP contribution in [-0.4, -0.2) is 18.4 Å². The normalized spacial score (nSPS) is 18.4. The minimum absolute atomic E-state index is 0.0819. The van der Waals surface area contributed by atoms with E-state index in [2.05, 4.69) is 6.07 Å². The van der Waals surface area contributed by atoms with Gasteiger partial charge in [-0.25, -0.2) is 0 Å². The average molecular weight is 246 g/mol. The Labute approximate surface area is 107 Å². The number of ether oxygens (including phenoxy) is 1. The Morgan fingerprint density at radius 3 is 2.78 bits per heavy atom. The Morgan fingerprint density at radius 2 is 2.11 bits per heavy atom. The second-order valence-corrected chi connectivity index (χ2v) is 4.82. The van der Waals surface area contributed by atoms with E-state index < -0.39 is 5.92 Å². The number of carbonyl (C=O) groups is 2. The zero-order valence-corrected chi connectivity index (χ0v) is 11.1. The summed E-state index contributed by atoms with van der Waals surface area (Å²) in [5, 5.41) is 0. The van der Waals surface area contributed by atoms with Crippen LogP contribution in [0, 0.1) is 19.8 Å². The molecule has 0 radical (unpaired) electrons. The van der Waals surface area contributed by atoms with Crippen LogP contribution in [0.5, 0.6) is 0 Å². The van der Waals surface area contributed by atoms with Crippen LogP contribution in [0.4, 0.5) is 0 Å². The van der Waals surface area contributed by atoms with Crippen LogP contribution in [0.15, 0.2) is 12.1 Å². The Balaban J connectivity index is 2.36. The van der Waals surface area contributed by atoms with Crippen LogP contribution in [0.3, 0.4) is 0 Å². The van der Waals surface area contributed by atoms with Gasteiger partial charge in [-0.2, -0.15) is 0 Å². The summed E-state index contributed by atoms with van der Waals surface area (Å²) in [5.74, 6) is -1.08. The third-order valence-electron chi connectivity index (χ3n) is 3.45. The largest absolute Gasteiger partial charge is 0.465 e. The molecule has 0 N–H and O–H groups in total. The molecule has 0 aromatic heterocycles. The molecule has 96 valence electrons. The fraction of sp³-hybridized carbons (Fsp3) is 0.467. The topological polar surface area (TPSA) is 43.4 Å². The lowest BCUT2D eigenvalue weighted by Crippen LogP contribution is -2.31. The van der Waals surface area contributed by atoms with Gasteiger partial charge in [-0.05, 0) is 50.8 Å². The summed E-state index contributed by atoms with van der Waals surface area (Å²) >= 11 is 0. The molecular weight excluding hydrogens is 228 g/mol. The molecule has 0 aliphatic heterocycles. The summed E-state index contributed by atoms with van der Waals surface area (Å²) in [6, 6.07) is 3.97. The highest BCUT2D eigenvalue weighted by Crippen LogP contribution is 2.29. The van der Waals surface area contributed by atoms with Crippen molar-refractivity contribution in [3.63, 3.8) is 0 Å². The molecule has 0 bridgehead atoms. The number of Topliss-reactive ketones (excluding diaryl/α,β-unsaturated/α-hetero) is 1. The summed E-state index contributed by atoms with van der Waals surface area (Å²) in [5.41, 5.74) is 3.99. The number of hydrogen-bond acceptors (Lipinski definition) is 3. The van der Waals surface area contributed by atoms with E-state index in [0.29, 0.717) is 18.6 Å². The molecule has 0 saturated carbocycles. The van der Waals surface area contributed by atoms with Crippen LogP contribution in [0.1, 0.15) is 40.4 Å². The number of carbonyl (C=O) groups excluding carboxylic acids is 2. The van der Waals surface area contributed by atoms with Gasteiger partial charge in [-0.3, -0.25) is 9.59 Å². The average Bonchev–Trinajstić information content (AvgIpc) is 2.30. The second-order valence-electron chi connectivity index (χ2n) is 4.82. The number of benzene rings is 1. The Morgan fingerprint density at radius 1 is 1.39 bits per heavy atom. The molecule has 1 unspecified atom stereocenters. The highest BCUT2D eigenvalue weighted by atomic mass is 16.5. The first-order valence-corrected chi connectivity index (χ1v) is 6.35. The van der Waals surface area contributed by atoms with E-state index in [4.69, 9.17) is 4.74 Å². The van der Waals surface area contributed by atoms with Crippen molar-refractivity contribution in [2.75, 3.05) is 6.61 Å². The highest BCUT2D eigenvalue weighted by Gasteiger charge is 2.34. The van der Waals surface area contributed by atoms with Crippen molar-refractivity contribution in [3.8, 4) is 0 Å². The number of fused-ring (bicyclic) bond motifs is 1. The van der Waals surface area contributed by atoms with Crippen molar-refractivity contribution in [3.05, 3.63) is 34.4 Å². The standard InChI is InChI=1S/C15H18O3/c1-4-18-15(17)12-6-5-11-10(3)7-9(2)8-13(11)14(12)16/h7-8,12H,4-6H2,1-3H3. The lowest BCUT2D eigenvalue weighted by Gasteiger charge is -2.23. The number of hydrogen-bond donors (Lipinski definition) is 0. The van der Waals surface area contributed by atoms with E-state index >= 15 is 0 Å². The third kappa shape index (κ3) is 2.17. The fourth-order valence-corrected chi connectivity index (χ4v) is 2.62. The molecule has 0 saturated heterocycles. The van der Waals surface area contributed by atoms with Gasteiger partial charge in [0, 0.05) is 5.56 Å². The molecule has 1 aliphatic carbocycles. The smallest absolute Gasteiger partial charge is 0.316 e. The summed E-state index contributed by atoms with van der Waals surface area (Å²) in [4.78, 5) is 24.1. The molecule has 1 aliphatic rings. The van der Waals surface area contributed by atoms with Gasteiger partial charge in [0.1, 0.15) is 5.92 Å². The van der Waals surface area contributed by atoms with Gasteiger partial charge in [0.2, 0.25) is 0 Å². The minimum Gasteiger partial charge on any atom is -0.465 e. The first-order chi connectivity index (χ1) is 8.54. The monoisotopic (exact) mass is 246 g/mol. The van der Waals surface area contributed by atoms with E-state index in [1.54, 1.807) is 6.92 Å². The minimum atomic E-state index is -0.612. The SMILES string of the molecule is CCOC(=O)C1CCc2c(C)cc(C)cc2C1=O. The van der Waals surface area contributed by atoms with Gasteiger partial charge in [0.15, 0.2) is 5.78 Å². The molecule has 3 heteroatoms. The molecule has 3 nitrogen and oxygen atoms in total. The van der Waals surface area contributed by atoms with Crippen LogP contribution < -0.4 is 0 Å². The molecule has 2 rings (SSSR count). The van der Waals surface area contributed by atoms with Gasteiger partial charge in [-0.1, -0.05) is 11.6 Å². The van der Waals surface area contributed by atoms with Crippen molar-refractivity contribution < 1.29 is 14.3 Å². The Hall–Kier alpha value is -1.64. The number of rotatable bonds is 2. The lowest BCUT2D eigenvalue weighted by molar-refractivity contribution is -0.146. The van der Waals surface area contributed by atoms with Gasteiger partial charge in [0.05, 0.1) is 6.61 Å². The lowest BCUT2D eigenvalue weighted by atomic mass is 9.80. The molecule has 0 spiro atoms. The zero-order valence-electron chi connectivity index (χ0n) is 11.1. The molecule has 0 fully saturated rings. The summed E-state index contributed by atoms with van der Waals surface area (Å²) in [6.45, 7) is 6.06. The van der Waals surface area contributed by atoms with Crippen LogP contribution in [0.2, 0.25) is 0 Å². The molecule has 1 aromatic carbocycles. The van der Waals surface area contributed by atoms with Crippen LogP contribution in [0.25, 0.3) is 0 Å². The molecule has 1 aromatic rings. The summed E-state index contributed by atoms with van der Waals surface area (Å²) < 4.78 is 4.97. The van der Waals surface area contributed by atoms with Crippen LogP contribution in [-0.2, 0) is 16.0 Å². The molecular formula is C15H18O3. The molecule has 18 heavy (non-hydrogen) atoms. The number of ketones is 1. The molecule has 0 heterocycles. The summed E-state index contributed by atoms with van der Waals surface area (Å²) in [7, 11) is 0. The maximum atomic E-state index is 12.3. The van der Waals surface area contributed by atoms with Gasteiger partial charge in [-0.15, -0.1) is 0 Å². The van der Waals surface area contributed by atoms with Crippen LogP contribution >= 0.6 is 0 Å². The number of aryl methyl sites for hydroxylation is 2. The van der Waals surface area contributed by atoms with E-state index in [9.17, 15) is 9.59 Å². The maximum Gasteiger partial charge on any atom is 0.316 e. The second kappa shape index (κ2) is 4.92. The quantitative estimate of drug-likeness (QED) is 0.595. The van der Waals surface area contributed by atoms with E-state index in [-0.39, 0.29) is 11.8 Å². The zero-order chi connectivity index (χ0) is 13.3. The Kier molecular flexibility index (Phi) is 3.50. The van der Waals surface area contributed by atoms with Gasteiger partial charge in [0.25, 0.3) is 0 Å². The van der Waals surface area contributed by atoms with Crippen molar-refractivity contribution in [2.24, 2.45) is 5.92 Å². The van der Waals surface area contributed by atoms with Gasteiger partial charge >= 0.3 is 5.97 Å². The summed E-state index contributed by atoms with van der Waals surface area (Å²) in [6.07, 6.45) is 1.34. The third-order valence-corrected chi connectivity index (χ3v) is 3.45. The van der Waals surface area contributed by atoms with Crippen molar-refractivity contribution in [2.45, 2.75) is 33.6 Å². The predicted molar refractivity (Wildman–Crippen MR) is 68.7 cm³/mol. The first kappa shape index (κ1) is 12.8.